The third-order valence-corrected chi connectivity index (χ3v) is 5.23. The van der Waals surface area contributed by atoms with E-state index in [1.54, 1.807) is 23.1 Å². The monoisotopic (exact) mass is 370 g/mol. The normalized spacial score (nSPS) is 19.3. The molecule has 0 aliphatic carbocycles. The van der Waals surface area contributed by atoms with Crippen LogP contribution in [0.3, 0.4) is 0 Å². The molecule has 25 heavy (non-hydrogen) atoms. The average molecular weight is 370 g/mol. The van der Waals surface area contributed by atoms with Crippen LogP contribution < -0.4 is 4.72 Å². The van der Waals surface area contributed by atoms with Crippen molar-refractivity contribution in [3.63, 3.8) is 0 Å². The fourth-order valence-electron chi connectivity index (χ4n) is 2.34. The average Bonchev–Trinajstić information content (AvgIpc) is 2.59. The highest BCUT2D eigenvalue weighted by Gasteiger charge is 2.26. The number of rotatable bonds is 6. The van der Waals surface area contributed by atoms with Crippen LogP contribution in [-0.2, 0) is 29.1 Å². The van der Waals surface area contributed by atoms with Crippen molar-refractivity contribution < 1.29 is 27.5 Å². The van der Waals surface area contributed by atoms with E-state index < -0.39 is 28.6 Å². The van der Waals surface area contributed by atoms with Gasteiger partial charge in [0.15, 0.2) is 6.61 Å². The smallest absolute Gasteiger partial charge is 0.324 e. The largest absolute Gasteiger partial charge is 0.454 e. The topological polar surface area (TPSA) is 102 Å². The van der Waals surface area contributed by atoms with E-state index in [-0.39, 0.29) is 16.9 Å². The van der Waals surface area contributed by atoms with Crippen LogP contribution in [0, 0.1) is 0 Å². The Balaban J connectivity index is 1.85. The number of sulfonamides is 1. The lowest BCUT2D eigenvalue weighted by Gasteiger charge is -2.31. The summed E-state index contributed by atoms with van der Waals surface area (Å²) in [4.78, 5) is 25.6. The summed E-state index contributed by atoms with van der Waals surface area (Å²) >= 11 is 0. The fraction of sp³-hybridized carbons (Fsp3) is 0.500. The molecule has 138 valence electrons. The SMILES string of the molecule is CC1CN(C(=O)COC(=O)[C@H](C)NS(=O)(=O)c2ccccc2)CCO1. The summed E-state index contributed by atoms with van der Waals surface area (Å²) in [6.45, 7) is 4.11. The third kappa shape index (κ3) is 5.52. The molecule has 1 fully saturated rings. The minimum Gasteiger partial charge on any atom is -0.454 e. The van der Waals surface area contributed by atoms with E-state index in [2.05, 4.69) is 4.72 Å². The number of nitrogens with one attached hydrogen (secondary N) is 1. The van der Waals surface area contributed by atoms with Crippen LogP contribution >= 0.6 is 0 Å². The fourth-order valence-corrected chi connectivity index (χ4v) is 3.56. The number of carbonyl (C=O) groups is 2. The van der Waals surface area contributed by atoms with Crippen LogP contribution in [0.15, 0.2) is 35.2 Å². The molecule has 1 amide bonds. The Morgan fingerprint density at radius 3 is 2.68 bits per heavy atom. The lowest BCUT2D eigenvalue weighted by Crippen LogP contribution is -2.47. The van der Waals surface area contributed by atoms with E-state index in [9.17, 15) is 18.0 Å². The summed E-state index contributed by atoms with van der Waals surface area (Å²) in [7, 11) is -3.83. The van der Waals surface area contributed by atoms with Crippen molar-refractivity contribution in [2.24, 2.45) is 0 Å². The van der Waals surface area contributed by atoms with Gasteiger partial charge in [0, 0.05) is 13.1 Å². The van der Waals surface area contributed by atoms with Gasteiger partial charge in [-0.1, -0.05) is 18.2 Å². The predicted octanol–water partition coefficient (Wildman–Crippen LogP) is 0.144. The molecule has 0 bridgehead atoms. The Labute approximate surface area is 147 Å². The highest BCUT2D eigenvalue weighted by atomic mass is 32.2. The zero-order chi connectivity index (χ0) is 18.4. The van der Waals surface area contributed by atoms with Crippen LogP contribution in [-0.4, -0.2) is 63.6 Å². The van der Waals surface area contributed by atoms with E-state index in [4.69, 9.17) is 9.47 Å². The number of nitrogens with zero attached hydrogens (tertiary/aromatic N) is 1. The Morgan fingerprint density at radius 2 is 2.04 bits per heavy atom. The summed E-state index contributed by atoms with van der Waals surface area (Å²) in [5.74, 6) is -1.14. The molecule has 1 aliphatic heterocycles. The zero-order valence-corrected chi connectivity index (χ0v) is 15.0. The highest BCUT2D eigenvalue weighted by molar-refractivity contribution is 7.89. The van der Waals surface area contributed by atoms with Crippen LogP contribution in [0.5, 0.6) is 0 Å². The molecule has 1 aromatic rings. The molecular formula is C16H22N2O6S. The lowest BCUT2D eigenvalue weighted by atomic mass is 10.3. The first-order valence-electron chi connectivity index (χ1n) is 7.93. The van der Waals surface area contributed by atoms with E-state index in [0.29, 0.717) is 19.7 Å². The van der Waals surface area contributed by atoms with E-state index in [1.165, 1.54) is 19.1 Å². The van der Waals surface area contributed by atoms with Crippen molar-refractivity contribution in [3.8, 4) is 0 Å². The van der Waals surface area contributed by atoms with E-state index in [1.807, 2.05) is 6.92 Å². The Kier molecular flexibility index (Phi) is 6.51. The second-order valence-electron chi connectivity index (χ2n) is 5.78. The van der Waals surface area contributed by atoms with Crippen LogP contribution in [0.1, 0.15) is 13.8 Å². The summed E-state index contributed by atoms with van der Waals surface area (Å²) in [5, 5.41) is 0. The first-order valence-corrected chi connectivity index (χ1v) is 9.41. The van der Waals surface area contributed by atoms with Gasteiger partial charge < -0.3 is 14.4 Å². The number of hydrogen-bond donors (Lipinski definition) is 1. The Hall–Kier alpha value is -1.97. The molecule has 8 nitrogen and oxygen atoms in total. The van der Waals surface area contributed by atoms with Gasteiger partial charge in [0.1, 0.15) is 6.04 Å². The second-order valence-corrected chi connectivity index (χ2v) is 7.50. The molecule has 1 aliphatic rings. The Morgan fingerprint density at radius 1 is 1.36 bits per heavy atom. The summed E-state index contributed by atoms with van der Waals surface area (Å²) in [5.41, 5.74) is 0. The van der Waals surface area contributed by atoms with Gasteiger partial charge in [0.25, 0.3) is 5.91 Å². The van der Waals surface area contributed by atoms with Crippen molar-refractivity contribution in [2.75, 3.05) is 26.3 Å². The van der Waals surface area contributed by atoms with Gasteiger partial charge in [-0.15, -0.1) is 0 Å². The van der Waals surface area contributed by atoms with Gasteiger partial charge in [0.05, 0.1) is 17.6 Å². The van der Waals surface area contributed by atoms with Gasteiger partial charge in [-0.25, -0.2) is 8.42 Å². The lowest BCUT2D eigenvalue weighted by molar-refractivity contribution is -0.155. The van der Waals surface area contributed by atoms with Crippen molar-refractivity contribution in [2.45, 2.75) is 30.9 Å². The molecule has 0 spiro atoms. The molecule has 0 radical (unpaired) electrons. The van der Waals surface area contributed by atoms with Gasteiger partial charge in [-0.3, -0.25) is 9.59 Å². The number of ether oxygens (including phenoxy) is 2. The molecule has 9 heteroatoms. The van der Waals surface area contributed by atoms with E-state index >= 15 is 0 Å². The molecule has 0 aromatic heterocycles. The second kappa shape index (κ2) is 8.41. The number of carbonyl (C=O) groups excluding carboxylic acids is 2. The predicted molar refractivity (Wildman–Crippen MR) is 89.2 cm³/mol. The summed E-state index contributed by atoms with van der Waals surface area (Å²) in [6, 6.07) is 6.59. The van der Waals surface area contributed by atoms with Crippen molar-refractivity contribution in [1.29, 1.82) is 0 Å². The van der Waals surface area contributed by atoms with Crippen molar-refractivity contribution >= 4 is 21.9 Å². The highest BCUT2D eigenvalue weighted by Crippen LogP contribution is 2.09. The first-order chi connectivity index (χ1) is 11.8. The maximum Gasteiger partial charge on any atom is 0.324 e. The molecule has 2 rings (SSSR count). The number of hydrogen-bond acceptors (Lipinski definition) is 6. The summed E-state index contributed by atoms with van der Waals surface area (Å²) in [6.07, 6.45) is -0.0648. The van der Waals surface area contributed by atoms with Crippen molar-refractivity contribution in [3.05, 3.63) is 30.3 Å². The quantitative estimate of drug-likeness (QED) is 0.715. The van der Waals surface area contributed by atoms with Gasteiger partial charge in [-0.2, -0.15) is 4.72 Å². The van der Waals surface area contributed by atoms with Gasteiger partial charge >= 0.3 is 5.97 Å². The number of morpholine rings is 1. The van der Waals surface area contributed by atoms with Gasteiger partial charge in [0.2, 0.25) is 10.0 Å². The molecule has 1 heterocycles. The third-order valence-electron chi connectivity index (χ3n) is 3.67. The standard InChI is InChI=1S/C16H22N2O6S/c1-12-10-18(8-9-23-12)15(19)11-24-16(20)13(2)17-25(21,22)14-6-4-3-5-7-14/h3-7,12-13,17H,8-11H2,1-2H3/t12?,13-/m0/s1. The number of esters is 1. The van der Waals surface area contributed by atoms with Crippen LogP contribution in [0.25, 0.3) is 0 Å². The minimum absolute atomic E-state index is 0.0491. The number of benzene rings is 1. The molecule has 1 unspecified atom stereocenters. The molecule has 1 aromatic carbocycles. The Bertz CT molecular complexity index is 707. The molecule has 1 N–H and O–H groups in total. The zero-order valence-electron chi connectivity index (χ0n) is 14.2. The molecule has 2 atom stereocenters. The minimum atomic E-state index is -3.83. The number of amides is 1. The maximum absolute atomic E-state index is 12.2. The first kappa shape index (κ1) is 19.4. The molecule has 1 saturated heterocycles. The maximum atomic E-state index is 12.2. The van der Waals surface area contributed by atoms with Gasteiger partial charge in [-0.05, 0) is 26.0 Å². The molecular weight excluding hydrogens is 348 g/mol. The summed E-state index contributed by atoms with van der Waals surface area (Å²) < 4.78 is 36.8. The van der Waals surface area contributed by atoms with Crippen LogP contribution in [0.4, 0.5) is 0 Å². The van der Waals surface area contributed by atoms with E-state index in [0.717, 1.165) is 0 Å². The van der Waals surface area contributed by atoms with Crippen molar-refractivity contribution in [1.82, 2.24) is 9.62 Å². The van der Waals surface area contributed by atoms with Crippen LogP contribution in [0.2, 0.25) is 0 Å². The molecule has 0 saturated carbocycles.